The maximum absolute atomic E-state index is 13.4. The van der Waals surface area contributed by atoms with E-state index in [0.29, 0.717) is 32.6 Å². The third-order valence-electron chi connectivity index (χ3n) is 6.35. The van der Waals surface area contributed by atoms with Crippen molar-refractivity contribution in [3.05, 3.63) is 69.7 Å². The SMILES string of the molecule is CC1CN(Cc2cccc(CNC(=O)C3(c4ccc(Br)cc4)CCOCC3)c2)CCO1. The molecular weight excluding hydrogens is 456 g/mol. The van der Waals surface area contributed by atoms with Gasteiger partial charge >= 0.3 is 0 Å². The smallest absolute Gasteiger partial charge is 0.231 e. The Labute approximate surface area is 193 Å². The number of rotatable bonds is 6. The van der Waals surface area contributed by atoms with Gasteiger partial charge < -0.3 is 14.8 Å². The number of carbonyl (C=O) groups is 1. The first kappa shape index (κ1) is 22.5. The largest absolute Gasteiger partial charge is 0.381 e. The summed E-state index contributed by atoms with van der Waals surface area (Å²) in [5.74, 6) is 0.0885. The fourth-order valence-corrected chi connectivity index (χ4v) is 4.88. The summed E-state index contributed by atoms with van der Waals surface area (Å²) in [5.41, 5.74) is 2.94. The molecule has 2 saturated heterocycles. The minimum atomic E-state index is -0.527. The molecule has 1 atom stereocenters. The predicted molar refractivity (Wildman–Crippen MR) is 125 cm³/mol. The third kappa shape index (κ3) is 5.55. The lowest BCUT2D eigenvalue weighted by Crippen LogP contribution is -2.47. The number of ether oxygens (including phenoxy) is 2. The molecule has 0 spiro atoms. The van der Waals surface area contributed by atoms with Crippen LogP contribution >= 0.6 is 15.9 Å². The number of hydrogen-bond donors (Lipinski definition) is 1. The van der Waals surface area contributed by atoms with Gasteiger partial charge in [-0.2, -0.15) is 0 Å². The van der Waals surface area contributed by atoms with Gasteiger partial charge in [-0.05, 0) is 48.6 Å². The van der Waals surface area contributed by atoms with E-state index in [0.717, 1.165) is 41.8 Å². The normalized spacial score (nSPS) is 21.5. The zero-order chi connectivity index (χ0) is 21.7. The molecule has 2 heterocycles. The van der Waals surface area contributed by atoms with E-state index in [-0.39, 0.29) is 12.0 Å². The fraction of sp³-hybridized carbons (Fsp3) is 0.480. The molecule has 0 saturated carbocycles. The molecule has 166 valence electrons. The van der Waals surface area contributed by atoms with Crippen molar-refractivity contribution in [3.8, 4) is 0 Å². The highest BCUT2D eigenvalue weighted by molar-refractivity contribution is 9.10. The van der Waals surface area contributed by atoms with Gasteiger partial charge in [0.1, 0.15) is 0 Å². The molecule has 2 aromatic rings. The molecule has 0 bridgehead atoms. The summed E-state index contributed by atoms with van der Waals surface area (Å²) in [6.07, 6.45) is 1.69. The van der Waals surface area contributed by atoms with Crippen molar-refractivity contribution in [2.75, 3.05) is 32.9 Å². The number of amides is 1. The van der Waals surface area contributed by atoms with Crippen molar-refractivity contribution < 1.29 is 14.3 Å². The number of carbonyl (C=O) groups excluding carboxylic acids is 1. The molecular formula is C25H31BrN2O3. The number of nitrogens with one attached hydrogen (secondary N) is 1. The molecule has 1 unspecified atom stereocenters. The molecule has 0 aliphatic carbocycles. The number of nitrogens with zero attached hydrogens (tertiary/aromatic N) is 1. The molecule has 2 aromatic carbocycles. The van der Waals surface area contributed by atoms with E-state index < -0.39 is 5.41 Å². The minimum absolute atomic E-state index is 0.0885. The Bertz CT molecular complexity index is 881. The van der Waals surface area contributed by atoms with Gasteiger partial charge in [-0.1, -0.05) is 52.3 Å². The average molecular weight is 487 g/mol. The van der Waals surface area contributed by atoms with Crippen molar-refractivity contribution in [1.29, 1.82) is 0 Å². The summed E-state index contributed by atoms with van der Waals surface area (Å²) in [5, 5.41) is 3.22. The summed E-state index contributed by atoms with van der Waals surface area (Å²) < 4.78 is 12.2. The van der Waals surface area contributed by atoms with Gasteiger partial charge in [0, 0.05) is 43.9 Å². The van der Waals surface area contributed by atoms with Crippen LogP contribution < -0.4 is 5.32 Å². The van der Waals surface area contributed by atoms with Crippen LogP contribution in [-0.2, 0) is 32.8 Å². The lowest BCUT2D eigenvalue weighted by Gasteiger charge is -2.36. The Hall–Kier alpha value is -1.73. The van der Waals surface area contributed by atoms with Gasteiger partial charge in [-0.3, -0.25) is 9.69 Å². The highest BCUT2D eigenvalue weighted by Crippen LogP contribution is 2.36. The van der Waals surface area contributed by atoms with E-state index in [1.165, 1.54) is 5.56 Å². The molecule has 6 heteroatoms. The van der Waals surface area contributed by atoms with Gasteiger partial charge in [0.15, 0.2) is 0 Å². The zero-order valence-corrected chi connectivity index (χ0v) is 19.7. The van der Waals surface area contributed by atoms with Crippen LogP contribution in [0, 0.1) is 0 Å². The Morgan fingerprint density at radius 3 is 2.61 bits per heavy atom. The number of hydrogen-bond acceptors (Lipinski definition) is 4. The van der Waals surface area contributed by atoms with Crippen LogP contribution in [0.1, 0.15) is 36.5 Å². The molecule has 2 aliphatic heterocycles. The molecule has 1 N–H and O–H groups in total. The Morgan fingerprint density at radius 1 is 1.13 bits per heavy atom. The number of morpholine rings is 1. The van der Waals surface area contributed by atoms with Crippen molar-refractivity contribution in [2.45, 2.75) is 44.4 Å². The maximum Gasteiger partial charge on any atom is 0.231 e. The predicted octanol–water partition coefficient (Wildman–Crippen LogP) is 4.03. The quantitative estimate of drug-likeness (QED) is 0.669. The molecule has 4 rings (SSSR count). The van der Waals surface area contributed by atoms with E-state index in [4.69, 9.17) is 9.47 Å². The van der Waals surface area contributed by atoms with Crippen molar-refractivity contribution >= 4 is 21.8 Å². The Morgan fingerprint density at radius 2 is 1.87 bits per heavy atom. The summed E-state index contributed by atoms with van der Waals surface area (Å²) >= 11 is 3.50. The van der Waals surface area contributed by atoms with Gasteiger partial charge in [0.2, 0.25) is 5.91 Å². The summed E-state index contributed by atoms with van der Waals surface area (Å²) in [6.45, 7) is 7.49. The topological polar surface area (TPSA) is 50.8 Å². The first-order chi connectivity index (χ1) is 15.0. The summed E-state index contributed by atoms with van der Waals surface area (Å²) in [6, 6.07) is 16.7. The molecule has 31 heavy (non-hydrogen) atoms. The van der Waals surface area contributed by atoms with Crippen LogP contribution in [0.4, 0.5) is 0 Å². The van der Waals surface area contributed by atoms with Crippen LogP contribution in [0.15, 0.2) is 53.0 Å². The van der Waals surface area contributed by atoms with Crippen LogP contribution in [-0.4, -0.2) is 49.8 Å². The van der Waals surface area contributed by atoms with Crippen molar-refractivity contribution in [3.63, 3.8) is 0 Å². The second-order valence-corrected chi connectivity index (χ2v) is 9.54. The Balaban J connectivity index is 1.42. The zero-order valence-electron chi connectivity index (χ0n) is 18.1. The second-order valence-electron chi connectivity index (χ2n) is 8.62. The van der Waals surface area contributed by atoms with Gasteiger partial charge in [-0.15, -0.1) is 0 Å². The Kier molecular flexibility index (Phi) is 7.43. The summed E-state index contributed by atoms with van der Waals surface area (Å²) in [7, 11) is 0. The van der Waals surface area contributed by atoms with E-state index in [9.17, 15) is 4.79 Å². The standard InChI is InChI=1S/C25H31BrN2O3/c1-19-17-28(11-14-31-19)18-21-4-2-3-20(15-21)16-27-24(29)25(9-12-30-13-10-25)22-5-7-23(26)8-6-22/h2-8,15,19H,9-14,16-18H2,1H3,(H,27,29). The average Bonchev–Trinajstić information content (AvgIpc) is 2.79. The summed E-state index contributed by atoms with van der Waals surface area (Å²) in [4.78, 5) is 15.8. The molecule has 0 radical (unpaired) electrons. The van der Waals surface area contributed by atoms with E-state index in [2.05, 4.69) is 69.5 Å². The van der Waals surface area contributed by atoms with E-state index >= 15 is 0 Å². The molecule has 0 aromatic heterocycles. The molecule has 5 nitrogen and oxygen atoms in total. The molecule has 2 fully saturated rings. The third-order valence-corrected chi connectivity index (χ3v) is 6.88. The monoisotopic (exact) mass is 486 g/mol. The van der Waals surface area contributed by atoms with E-state index in [1.807, 2.05) is 12.1 Å². The van der Waals surface area contributed by atoms with Gasteiger partial charge in [0.05, 0.1) is 18.1 Å². The number of halogens is 1. The van der Waals surface area contributed by atoms with E-state index in [1.54, 1.807) is 0 Å². The highest BCUT2D eigenvalue weighted by atomic mass is 79.9. The lowest BCUT2D eigenvalue weighted by molar-refractivity contribution is -0.130. The van der Waals surface area contributed by atoms with Crippen molar-refractivity contribution in [2.24, 2.45) is 0 Å². The first-order valence-corrected chi connectivity index (χ1v) is 11.9. The maximum atomic E-state index is 13.4. The molecule has 2 aliphatic rings. The highest BCUT2D eigenvalue weighted by Gasteiger charge is 2.41. The fourth-order valence-electron chi connectivity index (χ4n) is 4.62. The van der Waals surface area contributed by atoms with Crippen LogP contribution in [0.2, 0.25) is 0 Å². The van der Waals surface area contributed by atoms with Crippen LogP contribution in [0.5, 0.6) is 0 Å². The van der Waals surface area contributed by atoms with Crippen LogP contribution in [0.25, 0.3) is 0 Å². The number of benzene rings is 2. The first-order valence-electron chi connectivity index (χ1n) is 11.1. The molecule has 1 amide bonds. The lowest BCUT2D eigenvalue weighted by atomic mass is 9.73. The van der Waals surface area contributed by atoms with Crippen LogP contribution in [0.3, 0.4) is 0 Å². The van der Waals surface area contributed by atoms with Gasteiger partial charge in [0.25, 0.3) is 0 Å². The van der Waals surface area contributed by atoms with Gasteiger partial charge in [-0.25, -0.2) is 0 Å². The minimum Gasteiger partial charge on any atom is -0.381 e. The van der Waals surface area contributed by atoms with Crippen molar-refractivity contribution in [1.82, 2.24) is 10.2 Å². The second kappa shape index (κ2) is 10.3.